The Morgan fingerprint density at radius 2 is 2.26 bits per heavy atom. The third-order valence-electron chi connectivity index (χ3n) is 2.49. The molecule has 102 valence electrons. The molecule has 19 heavy (non-hydrogen) atoms. The van der Waals surface area contributed by atoms with E-state index >= 15 is 0 Å². The third-order valence-corrected chi connectivity index (χ3v) is 4.61. The zero-order chi connectivity index (χ0) is 13.9. The number of aromatic amines is 1. The largest absolute Gasteiger partial charge is 0.326 e. The van der Waals surface area contributed by atoms with Crippen LogP contribution in [0.15, 0.2) is 40.4 Å². The van der Waals surface area contributed by atoms with Crippen molar-refractivity contribution < 1.29 is 8.42 Å². The Morgan fingerprint density at radius 3 is 2.95 bits per heavy atom. The maximum Gasteiger partial charge on any atom is 0.279 e. The molecule has 0 fully saturated rings. The molecule has 4 N–H and O–H groups in total. The number of H-pyrrole nitrogens is 1. The minimum atomic E-state index is -3.70. The number of benzene rings is 1. The number of hydrogen-bond donors (Lipinski definition) is 3. The zero-order valence-corrected chi connectivity index (χ0v) is 11.9. The Morgan fingerprint density at radius 1 is 1.47 bits per heavy atom. The van der Waals surface area contributed by atoms with Gasteiger partial charge in [-0.05, 0) is 24.5 Å². The van der Waals surface area contributed by atoms with Gasteiger partial charge in [-0.15, -0.1) is 11.8 Å². The summed E-state index contributed by atoms with van der Waals surface area (Å²) in [7, 11) is -3.70. The summed E-state index contributed by atoms with van der Waals surface area (Å²) in [6.07, 6.45) is 3.34. The van der Waals surface area contributed by atoms with E-state index in [0.29, 0.717) is 11.3 Å². The molecule has 2 rings (SSSR count). The van der Waals surface area contributed by atoms with Crippen LogP contribution in [0.4, 0.5) is 5.69 Å². The summed E-state index contributed by atoms with van der Waals surface area (Å²) in [5, 5.41) is 6.17. The van der Waals surface area contributed by atoms with Gasteiger partial charge in [0.25, 0.3) is 10.0 Å². The van der Waals surface area contributed by atoms with Gasteiger partial charge in [0.1, 0.15) is 0 Å². The highest BCUT2D eigenvalue weighted by Crippen LogP contribution is 2.22. The predicted octanol–water partition coefficient (Wildman–Crippen LogP) is 1.39. The molecule has 1 heterocycles. The van der Waals surface area contributed by atoms with Crippen molar-refractivity contribution in [3.63, 3.8) is 0 Å². The minimum absolute atomic E-state index is 0.00422. The lowest BCUT2D eigenvalue weighted by molar-refractivity contribution is 0.596. The van der Waals surface area contributed by atoms with Crippen molar-refractivity contribution in [2.24, 2.45) is 5.73 Å². The molecule has 2 aromatic rings. The van der Waals surface area contributed by atoms with E-state index in [1.807, 2.05) is 12.3 Å². The molecule has 0 aliphatic carbocycles. The fraction of sp³-hybridized carbons (Fsp3) is 0.182. The van der Waals surface area contributed by atoms with Crippen molar-refractivity contribution >= 4 is 27.5 Å². The number of nitrogens with two attached hydrogens (primary N) is 1. The second kappa shape index (κ2) is 5.64. The molecular formula is C11H14N4O2S2. The number of aromatic nitrogens is 2. The van der Waals surface area contributed by atoms with Crippen LogP contribution < -0.4 is 10.5 Å². The number of nitrogens with one attached hydrogen (secondary N) is 2. The number of hydrogen-bond acceptors (Lipinski definition) is 5. The van der Waals surface area contributed by atoms with E-state index in [1.54, 1.807) is 18.2 Å². The van der Waals surface area contributed by atoms with Crippen molar-refractivity contribution in [3.8, 4) is 0 Å². The van der Waals surface area contributed by atoms with E-state index in [2.05, 4.69) is 14.9 Å². The quantitative estimate of drug-likeness (QED) is 0.724. The first-order valence-electron chi connectivity index (χ1n) is 5.46. The third kappa shape index (κ3) is 3.09. The second-order valence-corrected chi connectivity index (χ2v) is 6.26. The second-order valence-electron chi connectivity index (χ2n) is 3.77. The van der Waals surface area contributed by atoms with Crippen LogP contribution in [-0.2, 0) is 16.6 Å². The average molecular weight is 298 g/mol. The SMILES string of the molecule is CSc1cccc(NS(=O)(=O)c2[nH]ncc2CN)c1. The number of sulfonamides is 1. The van der Waals surface area contributed by atoms with Gasteiger partial charge in [0.15, 0.2) is 5.03 Å². The molecular weight excluding hydrogens is 284 g/mol. The monoisotopic (exact) mass is 298 g/mol. The molecule has 0 aliphatic heterocycles. The molecule has 8 heteroatoms. The summed E-state index contributed by atoms with van der Waals surface area (Å²) in [6.45, 7) is 0.109. The summed E-state index contributed by atoms with van der Waals surface area (Å²) < 4.78 is 26.9. The molecule has 0 unspecified atom stereocenters. The summed E-state index contributed by atoms with van der Waals surface area (Å²) in [5.74, 6) is 0. The first-order valence-corrected chi connectivity index (χ1v) is 8.17. The smallest absolute Gasteiger partial charge is 0.279 e. The van der Waals surface area contributed by atoms with Gasteiger partial charge < -0.3 is 5.73 Å². The zero-order valence-electron chi connectivity index (χ0n) is 10.3. The molecule has 0 radical (unpaired) electrons. The molecule has 0 amide bonds. The molecule has 0 aliphatic rings. The van der Waals surface area contributed by atoms with Crippen LogP contribution >= 0.6 is 11.8 Å². The summed E-state index contributed by atoms with van der Waals surface area (Å²) in [4.78, 5) is 0.976. The Bertz CT molecular complexity index is 667. The van der Waals surface area contributed by atoms with Gasteiger partial charge in [0.2, 0.25) is 0 Å². The van der Waals surface area contributed by atoms with Crippen molar-refractivity contribution in [2.45, 2.75) is 16.5 Å². The normalized spacial score (nSPS) is 11.5. The minimum Gasteiger partial charge on any atom is -0.326 e. The molecule has 6 nitrogen and oxygen atoms in total. The first-order chi connectivity index (χ1) is 9.06. The number of nitrogens with zero attached hydrogens (tertiary/aromatic N) is 1. The van der Waals surface area contributed by atoms with Crippen molar-refractivity contribution in [3.05, 3.63) is 36.0 Å². The standard InChI is InChI=1S/C11H14N4O2S2/c1-18-10-4-2-3-9(5-10)15-19(16,17)11-8(6-12)7-13-14-11/h2-5,7,15H,6,12H2,1H3,(H,13,14). The highest BCUT2D eigenvalue weighted by atomic mass is 32.2. The summed E-state index contributed by atoms with van der Waals surface area (Å²) in [6, 6.07) is 7.15. The van der Waals surface area contributed by atoms with Crippen LogP contribution in [-0.4, -0.2) is 24.9 Å². The highest BCUT2D eigenvalue weighted by Gasteiger charge is 2.20. The summed E-state index contributed by atoms with van der Waals surface area (Å²) in [5.41, 5.74) is 6.43. The first kappa shape index (κ1) is 13.9. The fourth-order valence-electron chi connectivity index (χ4n) is 1.57. The lowest BCUT2D eigenvalue weighted by atomic mass is 10.3. The number of anilines is 1. The van der Waals surface area contributed by atoms with Crippen LogP contribution in [0.25, 0.3) is 0 Å². The molecule has 1 aromatic heterocycles. The molecule has 0 bridgehead atoms. The predicted molar refractivity (Wildman–Crippen MR) is 75.5 cm³/mol. The van der Waals surface area contributed by atoms with E-state index in [0.717, 1.165) is 4.90 Å². The van der Waals surface area contributed by atoms with Crippen LogP contribution in [0.2, 0.25) is 0 Å². The summed E-state index contributed by atoms with van der Waals surface area (Å²) >= 11 is 1.54. The van der Waals surface area contributed by atoms with E-state index in [1.165, 1.54) is 18.0 Å². The Balaban J connectivity index is 2.31. The Hall–Kier alpha value is -1.51. The molecule has 1 aromatic carbocycles. The number of rotatable bonds is 5. The fourth-order valence-corrected chi connectivity index (χ4v) is 3.22. The lowest BCUT2D eigenvalue weighted by Crippen LogP contribution is -2.16. The van der Waals surface area contributed by atoms with Crippen molar-refractivity contribution in [2.75, 3.05) is 11.0 Å². The van der Waals surface area contributed by atoms with Crippen LogP contribution in [0.3, 0.4) is 0 Å². The van der Waals surface area contributed by atoms with E-state index in [4.69, 9.17) is 5.73 Å². The van der Waals surface area contributed by atoms with E-state index < -0.39 is 10.0 Å². The van der Waals surface area contributed by atoms with Crippen molar-refractivity contribution in [1.82, 2.24) is 10.2 Å². The van der Waals surface area contributed by atoms with Gasteiger partial charge in [0.05, 0.1) is 6.20 Å². The van der Waals surface area contributed by atoms with Gasteiger partial charge in [0, 0.05) is 22.7 Å². The Kier molecular flexibility index (Phi) is 4.13. The number of thioether (sulfide) groups is 1. The molecule has 0 atom stereocenters. The maximum absolute atomic E-state index is 12.2. The van der Waals surface area contributed by atoms with E-state index in [9.17, 15) is 8.42 Å². The van der Waals surface area contributed by atoms with Gasteiger partial charge in [-0.3, -0.25) is 9.82 Å². The van der Waals surface area contributed by atoms with Crippen LogP contribution in [0.1, 0.15) is 5.56 Å². The topological polar surface area (TPSA) is 101 Å². The van der Waals surface area contributed by atoms with Crippen LogP contribution in [0.5, 0.6) is 0 Å². The Labute approximate surface area is 115 Å². The van der Waals surface area contributed by atoms with Gasteiger partial charge in [-0.25, -0.2) is 0 Å². The van der Waals surface area contributed by atoms with Gasteiger partial charge in [-0.1, -0.05) is 6.07 Å². The molecule has 0 saturated carbocycles. The average Bonchev–Trinajstić information content (AvgIpc) is 2.87. The van der Waals surface area contributed by atoms with Crippen LogP contribution in [0, 0.1) is 0 Å². The van der Waals surface area contributed by atoms with Gasteiger partial charge >= 0.3 is 0 Å². The molecule has 0 saturated heterocycles. The highest BCUT2D eigenvalue weighted by molar-refractivity contribution is 7.98. The lowest BCUT2D eigenvalue weighted by Gasteiger charge is -2.08. The maximum atomic E-state index is 12.2. The van der Waals surface area contributed by atoms with Crippen molar-refractivity contribution in [1.29, 1.82) is 0 Å². The molecule has 0 spiro atoms. The van der Waals surface area contributed by atoms with E-state index in [-0.39, 0.29) is 11.6 Å². The van der Waals surface area contributed by atoms with Gasteiger partial charge in [-0.2, -0.15) is 13.5 Å².